The molecule has 0 atom stereocenters. The topological polar surface area (TPSA) is 23.6 Å². The van der Waals surface area contributed by atoms with E-state index in [2.05, 4.69) is 29.2 Å². The van der Waals surface area contributed by atoms with Crippen molar-refractivity contribution in [2.24, 2.45) is 0 Å². The zero-order valence-electron chi connectivity index (χ0n) is 11.4. The minimum atomic E-state index is 0.249. The van der Waals surface area contributed by atoms with Crippen molar-refractivity contribution in [3.05, 3.63) is 35.4 Å². The van der Waals surface area contributed by atoms with E-state index in [1.165, 1.54) is 11.1 Å². The Kier molecular flexibility index (Phi) is 4.37. The lowest BCUT2D eigenvalue weighted by atomic mass is 10.00. The van der Waals surface area contributed by atoms with Gasteiger partial charge < -0.3 is 4.90 Å². The maximum absolute atomic E-state index is 12.1. The molecule has 1 aliphatic heterocycles. The van der Waals surface area contributed by atoms with Crippen LogP contribution in [0, 0.1) is 0 Å². The predicted molar refractivity (Wildman–Crippen MR) is 73.4 cm³/mol. The van der Waals surface area contributed by atoms with Crippen LogP contribution >= 0.6 is 0 Å². The molecule has 1 aromatic rings. The molecular weight excluding hydrogens is 224 g/mol. The van der Waals surface area contributed by atoms with Crippen LogP contribution in [0.2, 0.25) is 0 Å². The zero-order valence-corrected chi connectivity index (χ0v) is 11.4. The normalized spacial score (nSPS) is 15.2. The van der Waals surface area contributed by atoms with Crippen LogP contribution in [-0.2, 0) is 17.8 Å². The molecule has 3 nitrogen and oxygen atoms in total. The van der Waals surface area contributed by atoms with Crippen LogP contribution in [0.1, 0.15) is 25.0 Å². The van der Waals surface area contributed by atoms with Crippen LogP contribution in [-0.4, -0.2) is 41.9 Å². The minimum absolute atomic E-state index is 0.249. The molecule has 1 aliphatic rings. The van der Waals surface area contributed by atoms with Gasteiger partial charge in [-0.25, -0.2) is 0 Å². The standard InChI is InChI=1S/C15H22N2O/c1-3-17(4-2)15(18)12-16-10-9-13-7-5-6-8-14(13)11-16/h5-8H,3-4,9-12H2,1-2H3. The van der Waals surface area contributed by atoms with E-state index in [1.807, 2.05) is 18.7 Å². The van der Waals surface area contributed by atoms with E-state index < -0.39 is 0 Å². The highest BCUT2D eigenvalue weighted by molar-refractivity contribution is 5.78. The Morgan fingerprint density at radius 3 is 2.56 bits per heavy atom. The smallest absolute Gasteiger partial charge is 0.236 e. The van der Waals surface area contributed by atoms with Crippen molar-refractivity contribution in [3.63, 3.8) is 0 Å². The zero-order chi connectivity index (χ0) is 13.0. The molecule has 0 unspecified atom stereocenters. The molecule has 1 aromatic carbocycles. The molecule has 0 N–H and O–H groups in total. The van der Waals surface area contributed by atoms with Crippen LogP contribution in [0.4, 0.5) is 0 Å². The molecule has 0 aliphatic carbocycles. The number of carbonyl (C=O) groups is 1. The molecule has 0 radical (unpaired) electrons. The highest BCUT2D eigenvalue weighted by Gasteiger charge is 2.19. The molecule has 1 heterocycles. The predicted octanol–water partition coefficient (Wildman–Crippen LogP) is 1.91. The first-order valence-electron chi connectivity index (χ1n) is 6.81. The molecule has 0 saturated carbocycles. The maximum atomic E-state index is 12.1. The first-order chi connectivity index (χ1) is 8.74. The summed E-state index contributed by atoms with van der Waals surface area (Å²) in [5.74, 6) is 0.249. The molecule has 2 rings (SSSR count). The average Bonchev–Trinajstić information content (AvgIpc) is 2.40. The molecule has 18 heavy (non-hydrogen) atoms. The number of benzene rings is 1. The second-order valence-electron chi connectivity index (χ2n) is 4.80. The molecule has 0 bridgehead atoms. The molecule has 98 valence electrons. The van der Waals surface area contributed by atoms with E-state index in [0.29, 0.717) is 6.54 Å². The SMILES string of the molecule is CCN(CC)C(=O)CN1CCc2ccccc2C1. The number of hydrogen-bond donors (Lipinski definition) is 0. The number of nitrogens with zero attached hydrogens (tertiary/aromatic N) is 2. The summed E-state index contributed by atoms with van der Waals surface area (Å²) in [5, 5.41) is 0. The number of hydrogen-bond acceptors (Lipinski definition) is 2. The fraction of sp³-hybridized carbons (Fsp3) is 0.533. The van der Waals surface area contributed by atoms with E-state index in [0.717, 1.165) is 32.6 Å². The summed E-state index contributed by atoms with van der Waals surface area (Å²) in [4.78, 5) is 16.2. The van der Waals surface area contributed by atoms with Gasteiger partial charge in [-0.3, -0.25) is 9.69 Å². The second kappa shape index (κ2) is 6.01. The second-order valence-corrected chi connectivity index (χ2v) is 4.80. The van der Waals surface area contributed by atoms with Gasteiger partial charge in [-0.15, -0.1) is 0 Å². The monoisotopic (exact) mass is 246 g/mol. The number of likely N-dealkylation sites (N-methyl/N-ethyl adjacent to an activating group) is 1. The number of carbonyl (C=O) groups excluding carboxylic acids is 1. The van der Waals surface area contributed by atoms with Crippen LogP contribution in [0.5, 0.6) is 0 Å². The fourth-order valence-corrected chi connectivity index (χ4v) is 2.56. The summed E-state index contributed by atoms with van der Waals surface area (Å²) >= 11 is 0. The lowest BCUT2D eigenvalue weighted by Gasteiger charge is -2.30. The Hall–Kier alpha value is -1.35. The van der Waals surface area contributed by atoms with Gasteiger partial charge in [0.1, 0.15) is 0 Å². The summed E-state index contributed by atoms with van der Waals surface area (Å²) in [7, 11) is 0. The van der Waals surface area contributed by atoms with Gasteiger partial charge in [0.2, 0.25) is 5.91 Å². The minimum Gasteiger partial charge on any atom is -0.342 e. The van der Waals surface area contributed by atoms with E-state index in [1.54, 1.807) is 0 Å². The van der Waals surface area contributed by atoms with E-state index in [-0.39, 0.29) is 5.91 Å². The van der Waals surface area contributed by atoms with Gasteiger partial charge in [-0.05, 0) is 31.4 Å². The molecule has 0 spiro atoms. The van der Waals surface area contributed by atoms with Crippen LogP contribution < -0.4 is 0 Å². The fourth-order valence-electron chi connectivity index (χ4n) is 2.56. The molecule has 0 aromatic heterocycles. The van der Waals surface area contributed by atoms with Gasteiger partial charge in [0.15, 0.2) is 0 Å². The summed E-state index contributed by atoms with van der Waals surface area (Å²) in [6.07, 6.45) is 1.06. The van der Waals surface area contributed by atoms with Crippen LogP contribution in [0.15, 0.2) is 24.3 Å². The van der Waals surface area contributed by atoms with Gasteiger partial charge in [-0.2, -0.15) is 0 Å². The van der Waals surface area contributed by atoms with Crippen LogP contribution in [0.3, 0.4) is 0 Å². The van der Waals surface area contributed by atoms with Gasteiger partial charge in [0, 0.05) is 26.2 Å². The largest absolute Gasteiger partial charge is 0.342 e. The van der Waals surface area contributed by atoms with Crippen molar-refractivity contribution in [1.29, 1.82) is 0 Å². The summed E-state index contributed by atoms with van der Waals surface area (Å²) in [6.45, 7) is 8.13. The van der Waals surface area contributed by atoms with E-state index in [9.17, 15) is 4.79 Å². The third-order valence-corrected chi connectivity index (χ3v) is 3.68. The van der Waals surface area contributed by atoms with E-state index >= 15 is 0 Å². The lowest BCUT2D eigenvalue weighted by molar-refractivity contribution is -0.132. The maximum Gasteiger partial charge on any atom is 0.236 e. The average molecular weight is 246 g/mol. The van der Waals surface area contributed by atoms with Crippen molar-refractivity contribution in [3.8, 4) is 0 Å². The number of amides is 1. The highest BCUT2D eigenvalue weighted by atomic mass is 16.2. The molecule has 0 saturated heterocycles. The van der Waals surface area contributed by atoms with Gasteiger partial charge in [0.25, 0.3) is 0 Å². The Morgan fingerprint density at radius 2 is 1.89 bits per heavy atom. The van der Waals surface area contributed by atoms with Crippen molar-refractivity contribution >= 4 is 5.91 Å². The molecule has 1 amide bonds. The summed E-state index contributed by atoms with van der Waals surface area (Å²) in [6, 6.07) is 8.53. The Labute approximate surface area is 109 Å². The highest BCUT2D eigenvalue weighted by Crippen LogP contribution is 2.18. The number of fused-ring (bicyclic) bond motifs is 1. The van der Waals surface area contributed by atoms with Crippen molar-refractivity contribution in [2.75, 3.05) is 26.2 Å². The number of rotatable bonds is 4. The Bertz CT molecular complexity index is 413. The summed E-state index contributed by atoms with van der Waals surface area (Å²) < 4.78 is 0. The Balaban J connectivity index is 1.95. The third-order valence-electron chi connectivity index (χ3n) is 3.68. The Morgan fingerprint density at radius 1 is 1.22 bits per heavy atom. The van der Waals surface area contributed by atoms with Gasteiger partial charge in [-0.1, -0.05) is 24.3 Å². The van der Waals surface area contributed by atoms with Gasteiger partial charge >= 0.3 is 0 Å². The van der Waals surface area contributed by atoms with E-state index in [4.69, 9.17) is 0 Å². The quantitative estimate of drug-likeness (QED) is 0.810. The third kappa shape index (κ3) is 2.91. The first kappa shape index (κ1) is 13.1. The molecule has 3 heteroatoms. The van der Waals surface area contributed by atoms with Crippen molar-refractivity contribution < 1.29 is 4.79 Å². The van der Waals surface area contributed by atoms with Crippen molar-refractivity contribution in [2.45, 2.75) is 26.8 Å². The first-order valence-corrected chi connectivity index (χ1v) is 6.81. The van der Waals surface area contributed by atoms with Crippen molar-refractivity contribution in [1.82, 2.24) is 9.80 Å². The van der Waals surface area contributed by atoms with Gasteiger partial charge in [0.05, 0.1) is 6.54 Å². The molecule has 0 fully saturated rings. The molecular formula is C15H22N2O. The summed E-state index contributed by atoms with van der Waals surface area (Å²) in [5.41, 5.74) is 2.81. The lowest BCUT2D eigenvalue weighted by Crippen LogP contribution is -2.42. The van der Waals surface area contributed by atoms with Crippen LogP contribution in [0.25, 0.3) is 0 Å².